The van der Waals surface area contributed by atoms with Gasteiger partial charge >= 0.3 is 0 Å². The van der Waals surface area contributed by atoms with Crippen LogP contribution in [0.2, 0.25) is 5.02 Å². The standard InChI is InChI=1S/C18H16ClN3O4S/c1-10-14(19)5-4-12-15(7-8-21-17(10)12)22-18(23)13-9-11(27(20,24)25)3-6-16(13)26-2/h3-9H,1-2H3,(H2,20,24,25)(H,21,22,23). The first-order chi connectivity index (χ1) is 12.7. The molecule has 9 heteroatoms. The normalized spacial score (nSPS) is 11.4. The number of fused-ring (bicyclic) bond motifs is 1. The Balaban J connectivity index is 2.06. The van der Waals surface area contributed by atoms with Gasteiger partial charge in [-0.05, 0) is 48.9 Å². The number of aromatic nitrogens is 1. The molecule has 3 rings (SSSR count). The first-order valence-electron chi connectivity index (χ1n) is 7.78. The van der Waals surface area contributed by atoms with Crippen molar-refractivity contribution >= 4 is 44.1 Å². The van der Waals surface area contributed by atoms with Crippen molar-refractivity contribution < 1.29 is 17.9 Å². The summed E-state index contributed by atoms with van der Waals surface area (Å²) < 4.78 is 28.4. The summed E-state index contributed by atoms with van der Waals surface area (Å²) in [5.74, 6) is -0.324. The van der Waals surface area contributed by atoms with Gasteiger partial charge in [-0.25, -0.2) is 13.6 Å². The van der Waals surface area contributed by atoms with E-state index in [4.69, 9.17) is 21.5 Å². The number of nitrogens with one attached hydrogen (secondary N) is 1. The average Bonchev–Trinajstić information content (AvgIpc) is 2.63. The number of carbonyl (C=O) groups is 1. The number of primary sulfonamides is 1. The van der Waals surface area contributed by atoms with Crippen LogP contribution in [0.1, 0.15) is 15.9 Å². The number of hydrogen-bond donors (Lipinski definition) is 2. The second-order valence-electron chi connectivity index (χ2n) is 5.79. The molecule has 0 saturated carbocycles. The maximum Gasteiger partial charge on any atom is 0.259 e. The molecule has 0 radical (unpaired) electrons. The van der Waals surface area contributed by atoms with Crippen LogP contribution in [-0.2, 0) is 10.0 Å². The first-order valence-corrected chi connectivity index (χ1v) is 9.71. The summed E-state index contributed by atoms with van der Waals surface area (Å²) in [6.07, 6.45) is 1.55. The molecule has 0 spiro atoms. The topological polar surface area (TPSA) is 111 Å². The zero-order valence-electron chi connectivity index (χ0n) is 14.5. The van der Waals surface area contributed by atoms with Gasteiger partial charge in [0.1, 0.15) is 5.75 Å². The minimum Gasteiger partial charge on any atom is -0.496 e. The van der Waals surface area contributed by atoms with E-state index in [-0.39, 0.29) is 16.2 Å². The van der Waals surface area contributed by atoms with Gasteiger partial charge in [0.15, 0.2) is 0 Å². The van der Waals surface area contributed by atoms with Gasteiger partial charge < -0.3 is 10.1 Å². The molecular weight excluding hydrogens is 390 g/mol. The molecule has 1 heterocycles. The number of carbonyl (C=O) groups excluding carboxylic acids is 1. The number of pyridine rings is 1. The number of anilines is 1. The smallest absolute Gasteiger partial charge is 0.259 e. The summed E-state index contributed by atoms with van der Waals surface area (Å²) in [6.45, 7) is 1.84. The lowest BCUT2D eigenvalue weighted by molar-refractivity contribution is 0.102. The lowest BCUT2D eigenvalue weighted by Crippen LogP contribution is -2.17. The van der Waals surface area contributed by atoms with E-state index in [1.54, 1.807) is 24.4 Å². The second-order valence-corrected chi connectivity index (χ2v) is 7.76. The zero-order chi connectivity index (χ0) is 19.8. The second kappa shape index (κ2) is 7.15. The van der Waals surface area contributed by atoms with Gasteiger partial charge in [0.05, 0.1) is 28.8 Å². The Kier molecular flexibility index (Phi) is 5.05. The van der Waals surface area contributed by atoms with Crippen molar-refractivity contribution in [2.75, 3.05) is 12.4 Å². The molecule has 3 N–H and O–H groups in total. The third kappa shape index (κ3) is 3.73. The monoisotopic (exact) mass is 405 g/mol. The summed E-state index contributed by atoms with van der Waals surface area (Å²) in [6, 6.07) is 8.95. The summed E-state index contributed by atoms with van der Waals surface area (Å²) in [5.41, 5.74) is 2.00. The zero-order valence-corrected chi connectivity index (χ0v) is 16.1. The average molecular weight is 406 g/mol. The number of hydrogen-bond acceptors (Lipinski definition) is 5. The molecule has 3 aromatic rings. The fraction of sp³-hybridized carbons (Fsp3) is 0.111. The Hall–Kier alpha value is -2.68. The van der Waals surface area contributed by atoms with E-state index in [0.29, 0.717) is 21.6 Å². The highest BCUT2D eigenvalue weighted by Gasteiger charge is 2.18. The van der Waals surface area contributed by atoms with Gasteiger partial charge in [-0.3, -0.25) is 9.78 Å². The summed E-state index contributed by atoms with van der Waals surface area (Å²) in [4.78, 5) is 16.9. The number of aryl methyl sites for hydroxylation is 1. The predicted octanol–water partition coefficient (Wildman–Crippen LogP) is 3.10. The Morgan fingerprint density at radius 3 is 2.63 bits per heavy atom. The van der Waals surface area contributed by atoms with Crippen LogP contribution in [0.25, 0.3) is 10.9 Å². The minimum atomic E-state index is -3.96. The third-order valence-electron chi connectivity index (χ3n) is 4.09. The minimum absolute atomic E-state index is 0.0414. The molecule has 0 atom stereocenters. The van der Waals surface area contributed by atoms with Crippen molar-refractivity contribution in [3.8, 4) is 5.75 Å². The van der Waals surface area contributed by atoms with Crippen LogP contribution in [0.5, 0.6) is 5.75 Å². The molecule has 0 aliphatic rings. The molecule has 140 valence electrons. The Morgan fingerprint density at radius 2 is 1.96 bits per heavy atom. The van der Waals surface area contributed by atoms with Crippen LogP contribution in [0.4, 0.5) is 5.69 Å². The summed E-state index contributed by atoms with van der Waals surface area (Å²) >= 11 is 6.13. The number of methoxy groups -OCH3 is 1. The highest BCUT2D eigenvalue weighted by molar-refractivity contribution is 7.89. The number of rotatable bonds is 4. The Bertz CT molecular complexity index is 1160. The van der Waals surface area contributed by atoms with E-state index in [9.17, 15) is 13.2 Å². The number of benzene rings is 2. The van der Waals surface area contributed by atoms with E-state index in [1.165, 1.54) is 25.3 Å². The van der Waals surface area contributed by atoms with E-state index >= 15 is 0 Å². The lowest BCUT2D eigenvalue weighted by Gasteiger charge is -2.13. The molecule has 7 nitrogen and oxygen atoms in total. The molecule has 0 saturated heterocycles. The molecular formula is C18H16ClN3O4S. The molecule has 0 bridgehead atoms. The third-order valence-corrected chi connectivity index (χ3v) is 5.41. The largest absolute Gasteiger partial charge is 0.496 e. The van der Waals surface area contributed by atoms with Crippen LogP contribution in [0, 0.1) is 6.92 Å². The van der Waals surface area contributed by atoms with Crippen molar-refractivity contribution in [3.05, 3.63) is 58.7 Å². The maximum atomic E-state index is 12.8. The van der Waals surface area contributed by atoms with Crippen LogP contribution in [-0.4, -0.2) is 26.4 Å². The van der Waals surface area contributed by atoms with E-state index in [1.807, 2.05) is 6.92 Å². The number of halogens is 1. The fourth-order valence-electron chi connectivity index (χ4n) is 2.68. The van der Waals surface area contributed by atoms with Crippen molar-refractivity contribution in [3.63, 3.8) is 0 Å². The highest BCUT2D eigenvalue weighted by atomic mass is 35.5. The van der Waals surface area contributed by atoms with Gasteiger partial charge in [-0.1, -0.05) is 11.6 Å². The molecule has 1 aromatic heterocycles. The quantitative estimate of drug-likeness (QED) is 0.692. The molecule has 27 heavy (non-hydrogen) atoms. The van der Waals surface area contributed by atoms with Crippen molar-refractivity contribution in [2.24, 2.45) is 5.14 Å². The SMILES string of the molecule is COc1ccc(S(N)(=O)=O)cc1C(=O)Nc1ccnc2c(C)c(Cl)ccc12. The highest BCUT2D eigenvalue weighted by Crippen LogP contribution is 2.30. The predicted molar refractivity (Wildman–Crippen MR) is 104 cm³/mol. The first kappa shape index (κ1) is 19.1. The van der Waals surface area contributed by atoms with E-state index in [2.05, 4.69) is 10.3 Å². The van der Waals surface area contributed by atoms with E-state index < -0.39 is 15.9 Å². The molecule has 1 amide bonds. The molecule has 0 fully saturated rings. The maximum absolute atomic E-state index is 12.8. The molecule has 0 aliphatic carbocycles. The Labute approximate surface area is 161 Å². The van der Waals surface area contributed by atoms with Crippen molar-refractivity contribution in [2.45, 2.75) is 11.8 Å². The van der Waals surface area contributed by atoms with Crippen LogP contribution >= 0.6 is 11.6 Å². The van der Waals surface area contributed by atoms with Crippen molar-refractivity contribution in [1.29, 1.82) is 0 Å². The lowest BCUT2D eigenvalue weighted by atomic mass is 10.1. The van der Waals surface area contributed by atoms with Crippen LogP contribution in [0.3, 0.4) is 0 Å². The number of ether oxygens (including phenoxy) is 1. The number of sulfonamides is 1. The Morgan fingerprint density at radius 1 is 1.22 bits per heavy atom. The number of nitrogens with two attached hydrogens (primary N) is 1. The van der Waals surface area contributed by atoms with Gasteiger partial charge in [0.2, 0.25) is 10.0 Å². The summed E-state index contributed by atoms with van der Waals surface area (Å²) in [7, 11) is -2.58. The molecule has 0 aliphatic heterocycles. The molecule has 2 aromatic carbocycles. The summed E-state index contributed by atoms with van der Waals surface area (Å²) in [5, 5.41) is 9.19. The van der Waals surface area contributed by atoms with Crippen molar-refractivity contribution in [1.82, 2.24) is 4.98 Å². The van der Waals surface area contributed by atoms with Gasteiger partial charge in [0, 0.05) is 16.6 Å². The van der Waals surface area contributed by atoms with Crippen LogP contribution < -0.4 is 15.2 Å². The van der Waals surface area contributed by atoms with Gasteiger partial charge in [-0.2, -0.15) is 0 Å². The fourth-order valence-corrected chi connectivity index (χ4v) is 3.37. The van der Waals surface area contributed by atoms with Gasteiger partial charge in [-0.15, -0.1) is 0 Å². The van der Waals surface area contributed by atoms with Crippen LogP contribution in [0.15, 0.2) is 47.5 Å². The molecule has 0 unspecified atom stereocenters. The van der Waals surface area contributed by atoms with Gasteiger partial charge in [0.25, 0.3) is 5.91 Å². The number of nitrogens with zero attached hydrogens (tertiary/aromatic N) is 1. The number of amides is 1. The van der Waals surface area contributed by atoms with E-state index in [0.717, 1.165) is 5.56 Å².